The molecule has 1 amide bonds. The third-order valence-electron chi connectivity index (χ3n) is 3.79. The van der Waals surface area contributed by atoms with Gasteiger partial charge in [0.2, 0.25) is 0 Å². The predicted molar refractivity (Wildman–Crippen MR) is 94.0 cm³/mol. The minimum absolute atomic E-state index is 0.186. The molecule has 1 heterocycles. The van der Waals surface area contributed by atoms with Crippen molar-refractivity contribution in [2.45, 2.75) is 6.92 Å². The van der Waals surface area contributed by atoms with Gasteiger partial charge >= 0.3 is 5.97 Å². The number of hydrogen-bond acceptors (Lipinski definition) is 4. The van der Waals surface area contributed by atoms with E-state index in [0.29, 0.717) is 22.5 Å². The van der Waals surface area contributed by atoms with Gasteiger partial charge in [0.1, 0.15) is 5.82 Å². The lowest BCUT2D eigenvalue weighted by molar-refractivity contribution is 0.0600. The number of methoxy groups -OCH3 is 1. The van der Waals surface area contributed by atoms with Gasteiger partial charge in [-0.3, -0.25) is 4.79 Å². The van der Waals surface area contributed by atoms with Crippen LogP contribution < -0.4 is 5.32 Å². The molecule has 0 unspecified atom stereocenters. The highest BCUT2D eigenvalue weighted by Crippen LogP contribution is 2.18. The molecule has 1 aromatic heterocycles. The van der Waals surface area contributed by atoms with E-state index in [1.54, 1.807) is 49.5 Å². The molecule has 1 N–H and O–H groups in total. The molecule has 2 aromatic carbocycles. The Labute approximate surface area is 149 Å². The molecule has 3 rings (SSSR count). The van der Waals surface area contributed by atoms with Crippen LogP contribution in [0.1, 0.15) is 26.4 Å². The molecule has 0 aliphatic heterocycles. The Balaban J connectivity index is 1.78. The largest absolute Gasteiger partial charge is 0.465 e. The summed E-state index contributed by atoms with van der Waals surface area (Å²) in [5, 5.41) is 6.92. The van der Waals surface area contributed by atoms with Crippen molar-refractivity contribution in [3.05, 3.63) is 77.4 Å². The molecule has 6 nitrogen and oxygen atoms in total. The lowest BCUT2D eigenvalue weighted by Gasteiger charge is -2.08. The Morgan fingerprint density at radius 2 is 1.96 bits per heavy atom. The van der Waals surface area contributed by atoms with Gasteiger partial charge < -0.3 is 10.1 Å². The smallest absolute Gasteiger partial charge is 0.337 e. The zero-order valence-electron chi connectivity index (χ0n) is 14.2. The fraction of sp³-hybridized carbons (Fsp3) is 0.105. The number of aryl methyl sites for hydroxylation is 1. The summed E-state index contributed by atoms with van der Waals surface area (Å²) < 4.78 is 19.4. The summed E-state index contributed by atoms with van der Waals surface area (Å²) in [5.41, 5.74) is 2.38. The Morgan fingerprint density at radius 3 is 2.65 bits per heavy atom. The van der Waals surface area contributed by atoms with Crippen LogP contribution in [0, 0.1) is 12.7 Å². The van der Waals surface area contributed by atoms with Crippen LogP contribution in [0.25, 0.3) is 5.69 Å². The van der Waals surface area contributed by atoms with Crippen LogP contribution in [0.4, 0.5) is 10.1 Å². The molecule has 0 saturated heterocycles. The number of rotatable bonds is 4. The number of ether oxygens (including phenoxy) is 1. The molecule has 0 aliphatic rings. The number of benzene rings is 2. The lowest BCUT2D eigenvalue weighted by Crippen LogP contribution is -2.14. The van der Waals surface area contributed by atoms with Crippen molar-refractivity contribution in [3.8, 4) is 5.69 Å². The number of esters is 1. The van der Waals surface area contributed by atoms with E-state index in [1.165, 1.54) is 23.9 Å². The van der Waals surface area contributed by atoms with Gasteiger partial charge in [0.15, 0.2) is 5.69 Å². The molecule has 132 valence electrons. The number of amides is 1. The van der Waals surface area contributed by atoms with Crippen LogP contribution in [0.2, 0.25) is 0 Å². The lowest BCUT2D eigenvalue weighted by atomic mass is 10.1. The monoisotopic (exact) mass is 353 g/mol. The Kier molecular flexibility index (Phi) is 4.79. The molecule has 0 atom stereocenters. The van der Waals surface area contributed by atoms with Gasteiger partial charge in [-0.2, -0.15) is 5.10 Å². The molecule has 0 bridgehead atoms. The average Bonchev–Trinajstić information content (AvgIpc) is 3.13. The SMILES string of the molecule is COC(=O)c1ccc(NC(=O)c2ccn(-c3cccc(F)c3)n2)c(C)c1. The summed E-state index contributed by atoms with van der Waals surface area (Å²) in [6.07, 6.45) is 1.58. The third kappa shape index (κ3) is 3.61. The third-order valence-corrected chi connectivity index (χ3v) is 3.79. The van der Waals surface area contributed by atoms with E-state index < -0.39 is 11.9 Å². The van der Waals surface area contributed by atoms with E-state index in [9.17, 15) is 14.0 Å². The number of nitrogens with zero attached hydrogens (tertiary/aromatic N) is 2. The molecule has 0 aliphatic carbocycles. The van der Waals surface area contributed by atoms with Crippen molar-refractivity contribution in [2.75, 3.05) is 12.4 Å². The quantitative estimate of drug-likeness (QED) is 0.730. The highest BCUT2D eigenvalue weighted by atomic mass is 19.1. The number of hydrogen-bond donors (Lipinski definition) is 1. The average molecular weight is 353 g/mol. The minimum atomic E-state index is -0.445. The molecule has 0 radical (unpaired) electrons. The van der Waals surface area contributed by atoms with E-state index in [1.807, 2.05) is 0 Å². The number of nitrogens with one attached hydrogen (secondary N) is 1. The van der Waals surface area contributed by atoms with Crippen LogP contribution in [0.5, 0.6) is 0 Å². The number of aromatic nitrogens is 2. The van der Waals surface area contributed by atoms with Crippen molar-refractivity contribution in [1.82, 2.24) is 9.78 Å². The van der Waals surface area contributed by atoms with E-state index in [-0.39, 0.29) is 11.5 Å². The summed E-state index contributed by atoms with van der Waals surface area (Å²) in [6.45, 7) is 1.77. The Morgan fingerprint density at radius 1 is 1.15 bits per heavy atom. The van der Waals surface area contributed by atoms with Crippen molar-refractivity contribution in [1.29, 1.82) is 0 Å². The maximum atomic E-state index is 13.3. The first-order valence-electron chi connectivity index (χ1n) is 7.80. The number of halogens is 1. The predicted octanol–water partition coefficient (Wildman–Crippen LogP) is 3.36. The fourth-order valence-electron chi connectivity index (χ4n) is 2.44. The summed E-state index contributed by atoms with van der Waals surface area (Å²) in [6, 6.07) is 12.3. The highest BCUT2D eigenvalue weighted by molar-refractivity contribution is 6.03. The van der Waals surface area contributed by atoms with Crippen LogP contribution in [0.3, 0.4) is 0 Å². The molecule has 7 heteroatoms. The van der Waals surface area contributed by atoms with E-state index >= 15 is 0 Å². The topological polar surface area (TPSA) is 73.2 Å². The summed E-state index contributed by atoms with van der Waals surface area (Å²) in [7, 11) is 1.31. The molecule has 26 heavy (non-hydrogen) atoms. The van der Waals surface area contributed by atoms with Crippen molar-refractivity contribution >= 4 is 17.6 Å². The van der Waals surface area contributed by atoms with E-state index in [4.69, 9.17) is 0 Å². The number of carbonyl (C=O) groups excluding carboxylic acids is 2. The first-order chi connectivity index (χ1) is 12.5. The minimum Gasteiger partial charge on any atom is -0.465 e. The van der Waals surface area contributed by atoms with Crippen LogP contribution in [-0.4, -0.2) is 28.8 Å². The summed E-state index contributed by atoms with van der Waals surface area (Å²) in [4.78, 5) is 23.9. The molecular weight excluding hydrogens is 337 g/mol. The molecule has 3 aromatic rings. The van der Waals surface area contributed by atoms with Gasteiger partial charge in [-0.15, -0.1) is 0 Å². The number of carbonyl (C=O) groups is 2. The van der Waals surface area contributed by atoms with Crippen LogP contribution >= 0.6 is 0 Å². The van der Waals surface area contributed by atoms with Crippen LogP contribution in [-0.2, 0) is 4.74 Å². The van der Waals surface area contributed by atoms with Gasteiger partial charge in [-0.25, -0.2) is 13.9 Å². The van der Waals surface area contributed by atoms with Gasteiger partial charge in [-0.05, 0) is 55.0 Å². The van der Waals surface area contributed by atoms with Crippen molar-refractivity contribution < 1.29 is 18.7 Å². The standard InChI is InChI=1S/C19H16FN3O3/c1-12-10-13(19(25)26-2)6-7-16(12)21-18(24)17-8-9-23(22-17)15-5-3-4-14(20)11-15/h3-11H,1-2H3,(H,21,24). The molecule has 0 fully saturated rings. The first-order valence-corrected chi connectivity index (χ1v) is 7.80. The van der Waals surface area contributed by atoms with Gasteiger partial charge in [-0.1, -0.05) is 6.07 Å². The number of anilines is 1. The maximum absolute atomic E-state index is 13.3. The zero-order valence-corrected chi connectivity index (χ0v) is 14.2. The van der Waals surface area contributed by atoms with Crippen molar-refractivity contribution in [3.63, 3.8) is 0 Å². The van der Waals surface area contributed by atoms with Crippen molar-refractivity contribution in [2.24, 2.45) is 0 Å². The fourth-order valence-corrected chi connectivity index (χ4v) is 2.44. The van der Waals surface area contributed by atoms with Gasteiger partial charge in [0.05, 0.1) is 18.4 Å². The molecular formula is C19H16FN3O3. The summed E-state index contributed by atoms with van der Waals surface area (Å²) >= 11 is 0. The maximum Gasteiger partial charge on any atom is 0.337 e. The van der Waals surface area contributed by atoms with E-state index in [2.05, 4.69) is 15.2 Å². The van der Waals surface area contributed by atoms with Gasteiger partial charge in [0.25, 0.3) is 5.91 Å². The summed E-state index contributed by atoms with van der Waals surface area (Å²) in [5.74, 6) is -1.24. The Hall–Kier alpha value is -3.48. The Bertz CT molecular complexity index is 982. The second kappa shape index (κ2) is 7.18. The van der Waals surface area contributed by atoms with Gasteiger partial charge in [0, 0.05) is 11.9 Å². The normalized spacial score (nSPS) is 10.4. The van der Waals surface area contributed by atoms with E-state index in [0.717, 1.165) is 0 Å². The zero-order chi connectivity index (χ0) is 18.7. The first kappa shape index (κ1) is 17.3. The second-order valence-electron chi connectivity index (χ2n) is 5.60. The van der Waals surface area contributed by atoms with Crippen LogP contribution in [0.15, 0.2) is 54.7 Å². The molecule has 0 spiro atoms. The highest BCUT2D eigenvalue weighted by Gasteiger charge is 2.13. The second-order valence-corrected chi connectivity index (χ2v) is 5.60. The molecule has 0 saturated carbocycles.